The van der Waals surface area contributed by atoms with Crippen LogP contribution in [0.2, 0.25) is 0 Å². The summed E-state index contributed by atoms with van der Waals surface area (Å²) in [5, 5.41) is 2.62. The molecule has 0 radical (unpaired) electrons. The van der Waals surface area contributed by atoms with Gasteiger partial charge in [0.05, 0.1) is 0 Å². The number of hydrogen-bond acceptors (Lipinski definition) is 2. The second-order valence-electron chi connectivity index (χ2n) is 5.93. The maximum atomic E-state index is 6.36. The van der Waals surface area contributed by atoms with Crippen LogP contribution in [-0.2, 0) is 6.54 Å². The lowest BCUT2D eigenvalue weighted by molar-refractivity contribution is 0.591. The van der Waals surface area contributed by atoms with Gasteiger partial charge in [-0.15, -0.1) is 0 Å². The zero-order valence-electron chi connectivity index (χ0n) is 13.3. The monoisotopic (exact) mass is 295 g/mol. The Morgan fingerprint density at radius 2 is 1.77 bits per heavy atom. The molecule has 0 fully saturated rings. The molecule has 0 amide bonds. The van der Waals surface area contributed by atoms with E-state index in [0.717, 1.165) is 32.4 Å². The van der Waals surface area contributed by atoms with E-state index in [2.05, 4.69) is 54.0 Å². The molecule has 0 aliphatic carbocycles. The van der Waals surface area contributed by atoms with Crippen molar-refractivity contribution < 1.29 is 0 Å². The van der Waals surface area contributed by atoms with Gasteiger partial charge < -0.3 is 16.0 Å². The highest BCUT2D eigenvalue weighted by molar-refractivity contribution is 6.08. The number of hydrogen-bond donors (Lipinski definition) is 2. The first kappa shape index (κ1) is 15.1. The summed E-state index contributed by atoms with van der Waals surface area (Å²) in [4.78, 5) is 0. The van der Waals surface area contributed by atoms with E-state index < -0.39 is 0 Å². The summed E-state index contributed by atoms with van der Waals surface area (Å²) < 4.78 is 2.37. The zero-order chi connectivity index (χ0) is 15.5. The third-order valence-electron chi connectivity index (χ3n) is 4.51. The van der Waals surface area contributed by atoms with E-state index in [9.17, 15) is 0 Å². The van der Waals surface area contributed by atoms with Crippen LogP contribution in [0.4, 0.5) is 0 Å². The van der Waals surface area contributed by atoms with Gasteiger partial charge in [0.2, 0.25) is 0 Å². The summed E-state index contributed by atoms with van der Waals surface area (Å²) in [6.45, 7) is 3.92. The fourth-order valence-corrected chi connectivity index (χ4v) is 3.32. The van der Waals surface area contributed by atoms with Gasteiger partial charge in [0, 0.05) is 34.4 Å². The summed E-state index contributed by atoms with van der Waals surface area (Å²) in [6, 6.07) is 15.4. The predicted octanol–water partition coefficient (Wildman–Crippen LogP) is 3.94. The Morgan fingerprint density at radius 3 is 2.55 bits per heavy atom. The lowest BCUT2D eigenvalue weighted by Gasteiger charge is -2.12. The van der Waals surface area contributed by atoms with Crippen molar-refractivity contribution in [3.05, 3.63) is 48.0 Å². The first-order valence-corrected chi connectivity index (χ1v) is 8.22. The molecule has 1 atom stereocenters. The molecular formula is C19H25N3. The Hall–Kier alpha value is -1.84. The molecule has 0 saturated heterocycles. The molecule has 22 heavy (non-hydrogen) atoms. The summed E-state index contributed by atoms with van der Waals surface area (Å²) in [6.07, 6.45) is 3.13. The van der Waals surface area contributed by atoms with E-state index >= 15 is 0 Å². The maximum Gasteiger partial charge on any atom is 0.0491 e. The zero-order valence-corrected chi connectivity index (χ0v) is 13.3. The first-order chi connectivity index (χ1) is 10.8. The molecule has 0 aliphatic heterocycles. The molecule has 3 aromatic rings. The highest BCUT2D eigenvalue weighted by atomic mass is 15.0. The number of nitrogens with zero attached hydrogens (tertiary/aromatic N) is 1. The Balaban J connectivity index is 2.04. The van der Waals surface area contributed by atoms with Crippen molar-refractivity contribution >= 4 is 21.8 Å². The summed E-state index contributed by atoms with van der Waals surface area (Å²) in [5.41, 5.74) is 15.7. The van der Waals surface area contributed by atoms with Crippen LogP contribution in [-0.4, -0.2) is 11.1 Å². The maximum absolute atomic E-state index is 6.36. The van der Waals surface area contributed by atoms with E-state index in [1.54, 1.807) is 0 Å². The van der Waals surface area contributed by atoms with E-state index in [4.69, 9.17) is 11.5 Å². The fourth-order valence-electron chi connectivity index (χ4n) is 3.32. The van der Waals surface area contributed by atoms with Crippen LogP contribution in [0.5, 0.6) is 0 Å². The van der Waals surface area contributed by atoms with Crippen LogP contribution >= 0.6 is 0 Å². The summed E-state index contributed by atoms with van der Waals surface area (Å²) in [5.74, 6) is 0. The van der Waals surface area contributed by atoms with E-state index in [0.29, 0.717) is 0 Å². The SMILES string of the molecule is CCn1c2ccccc2c2cc([C@H](N)CCCCN)ccc21. The number of para-hydroxylation sites is 1. The average Bonchev–Trinajstić information content (AvgIpc) is 2.88. The molecule has 3 rings (SSSR count). The quantitative estimate of drug-likeness (QED) is 0.677. The van der Waals surface area contributed by atoms with Crippen LogP contribution in [0.3, 0.4) is 0 Å². The molecule has 1 aromatic heterocycles. The molecule has 3 nitrogen and oxygen atoms in total. The smallest absolute Gasteiger partial charge is 0.0491 e. The van der Waals surface area contributed by atoms with Crippen molar-refractivity contribution in [2.24, 2.45) is 11.5 Å². The summed E-state index contributed by atoms with van der Waals surface area (Å²) >= 11 is 0. The number of unbranched alkanes of at least 4 members (excludes halogenated alkanes) is 1. The largest absolute Gasteiger partial charge is 0.341 e. The molecule has 2 aromatic carbocycles. The standard InChI is InChI=1S/C19H25N3/c1-2-22-18-9-4-3-7-15(18)16-13-14(10-11-19(16)22)17(21)8-5-6-12-20/h3-4,7,9-11,13,17H,2,5-6,8,12,20-21H2,1H3/t17-/m1/s1. The average molecular weight is 295 g/mol. The lowest BCUT2D eigenvalue weighted by Crippen LogP contribution is -2.11. The Labute approximate surface area is 131 Å². The third-order valence-corrected chi connectivity index (χ3v) is 4.51. The Bertz CT molecular complexity index is 773. The van der Waals surface area contributed by atoms with Crippen molar-refractivity contribution in [2.75, 3.05) is 6.54 Å². The highest BCUT2D eigenvalue weighted by Gasteiger charge is 2.12. The molecule has 0 aliphatic rings. The van der Waals surface area contributed by atoms with Gasteiger partial charge in [-0.1, -0.05) is 30.7 Å². The number of aryl methyl sites for hydroxylation is 1. The molecule has 116 valence electrons. The fraction of sp³-hybridized carbons (Fsp3) is 0.368. The van der Waals surface area contributed by atoms with Gasteiger partial charge in [0.25, 0.3) is 0 Å². The van der Waals surface area contributed by atoms with Gasteiger partial charge in [-0.3, -0.25) is 0 Å². The normalized spacial score (nSPS) is 13.0. The van der Waals surface area contributed by atoms with Gasteiger partial charge >= 0.3 is 0 Å². The Kier molecular flexibility index (Phi) is 4.46. The first-order valence-electron chi connectivity index (χ1n) is 8.22. The van der Waals surface area contributed by atoms with Crippen molar-refractivity contribution in [2.45, 2.75) is 38.8 Å². The second kappa shape index (κ2) is 6.51. The second-order valence-corrected chi connectivity index (χ2v) is 5.93. The number of benzene rings is 2. The summed E-state index contributed by atoms with van der Waals surface area (Å²) in [7, 11) is 0. The van der Waals surface area contributed by atoms with Crippen molar-refractivity contribution in [3.63, 3.8) is 0 Å². The molecule has 0 bridgehead atoms. The van der Waals surface area contributed by atoms with Crippen molar-refractivity contribution in [3.8, 4) is 0 Å². The molecule has 0 saturated carbocycles. The number of rotatable bonds is 6. The number of nitrogens with two attached hydrogens (primary N) is 2. The van der Waals surface area contributed by atoms with Crippen LogP contribution in [0.25, 0.3) is 21.8 Å². The molecule has 1 heterocycles. The van der Waals surface area contributed by atoms with Gasteiger partial charge in [-0.2, -0.15) is 0 Å². The molecular weight excluding hydrogens is 270 g/mol. The Morgan fingerprint density at radius 1 is 1.00 bits per heavy atom. The van der Waals surface area contributed by atoms with Gasteiger partial charge in [0.1, 0.15) is 0 Å². The number of aromatic nitrogens is 1. The minimum Gasteiger partial charge on any atom is -0.341 e. The minimum absolute atomic E-state index is 0.0969. The lowest BCUT2D eigenvalue weighted by atomic mass is 10.00. The highest BCUT2D eigenvalue weighted by Crippen LogP contribution is 2.31. The van der Waals surface area contributed by atoms with Crippen LogP contribution in [0, 0.1) is 0 Å². The van der Waals surface area contributed by atoms with E-state index in [1.165, 1.54) is 27.4 Å². The van der Waals surface area contributed by atoms with Gasteiger partial charge in [0.15, 0.2) is 0 Å². The van der Waals surface area contributed by atoms with Crippen molar-refractivity contribution in [1.82, 2.24) is 4.57 Å². The van der Waals surface area contributed by atoms with Crippen LogP contribution in [0.15, 0.2) is 42.5 Å². The van der Waals surface area contributed by atoms with Crippen LogP contribution < -0.4 is 11.5 Å². The molecule has 3 heteroatoms. The van der Waals surface area contributed by atoms with E-state index in [1.807, 2.05) is 0 Å². The molecule has 0 unspecified atom stereocenters. The topological polar surface area (TPSA) is 57.0 Å². The molecule has 4 N–H and O–H groups in total. The van der Waals surface area contributed by atoms with Crippen molar-refractivity contribution in [1.29, 1.82) is 0 Å². The number of fused-ring (bicyclic) bond motifs is 3. The van der Waals surface area contributed by atoms with Gasteiger partial charge in [-0.25, -0.2) is 0 Å². The van der Waals surface area contributed by atoms with Gasteiger partial charge in [-0.05, 0) is 50.1 Å². The third kappa shape index (κ3) is 2.62. The molecule has 0 spiro atoms. The van der Waals surface area contributed by atoms with Crippen LogP contribution in [0.1, 0.15) is 37.8 Å². The van der Waals surface area contributed by atoms with E-state index in [-0.39, 0.29) is 6.04 Å². The predicted molar refractivity (Wildman–Crippen MR) is 95.0 cm³/mol. The minimum atomic E-state index is 0.0969.